The Hall–Kier alpha value is -0.0400. The summed E-state index contributed by atoms with van der Waals surface area (Å²) in [5, 5.41) is 1.71. The fraction of sp³-hybridized carbons (Fsp3) is 1.00. The third-order valence-electron chi connectivity index (χ3n) is 1.95. The van der Waals surface area contributed by atoms with Crippen LogP contribution in [0.3, 0.4) is 0 Å². The largest absolute Gasteiger partial charge is 0.316 e. The highest BCUT2D eigenvalue weighted by atomic mass is 14.9. The highest BCUT2D eigenvalue weighted by molar-refractivity contribution is 4.61. The SMILES string of the molecule is [3H]N1CCCCCC(C)C1. The van der Waals surface area contributed by atoms with Gasteiger partial charge in [-0.2, -0.15) is 0 Å². The minimum atomic E-state index is 0.734. The predicted octanol–water partition coefficient (Wildman–Crippen LogP) is 1.79. The van der Waals surface area contributed by atoms with Crippen molar-refractivity contribution in [2.24, 2.45) is 5.92 Å². The summed E-state index contributed by atoms with van der Waals surface area (Å²) in [4.78, 5) is 0. The van der Waals surface area contributed by atoms with E-state index in [1.165, 1.54) is 25.7 Å². The van der Waals surface area contributed by atoms with Gasteiger partial charge in [-0.15, -0.1) is 0 Å². The molecular weight excluding hydrogens is 110 g/mol. The van der Waals surface area contributed by atoms with Gasteiger partial charge in [-0.05, 0) is 31.8 Å². The first-order valence-corrected chi connectivity index (χ1v) is 4.03. The third-order valence-corrected chi connectivity index (χ3v) is 1.95. The molecule has 0 aromatic heterocycles. The summed E-state index contributed by atoms with van der Waals surface area (Å²) >= 11 is 0. The first-order chi connectivity index (χ1) is 4.79. The molecule has 1 nitrogen and oxygen atoms in total. The van der Waals surface area contributed by atoms with Crippen LogP contribution in [0.15, 0.2) is 0 Å². The van der Waals surface area contributed by atoms with Crippen LogP contribution in [0.1, 0.15) is 32.6 Å². The summed E-state index contributed by atoms with van der Waals surface area (Å²) in [6.45, 7) is 4.19. The molecule has 1 saturated heterocycles. The standard InChI is InChI=1S/C8H17N/c1-8-5-3-2-4-6-9-7-8/h8-9H,2-7H2,1H3/i/hT. The quantitative estimate of drug-likeness (QED) is 0.526. The highest BCUT2D eigenvalue weighted by Gasteiger charge is 2.03. The maximum atomic E-state index is 7.47. The topological polar surface area (TPSA) is 12.0 Å². The molecule has 0 spiro atoms. The Balaban J connectivity index is 2.25. The molecule has 1 rings (SSSR count). The Kier molecular flexibility index (Phi) is 2.47. The number of rotatable bonds is 0. The smallest absolute Gasteiger partial charge is 0.122 e. The van der Waals surface area contributed by atoms with E-state index in [1.807, 2.05) is 0 Å². The highest BCUT2D eigenvalue weighted by Crippen LogP contribution is 2.10. The molecule has 0 aromatic rings. The number of hydrogen-bond donors (Lipinski definition) is 1. The Morgan fingerprint density at radius 3 is 3.22 bits per heavy atom. The minimum Gasteiger partial charge on any atom is -0.316 e. The van der Waals surface area contributed by atoms with Gasteiger partial charge in [0.15, 0.2) is 0 Å². The molecule has 1 aliphatic rings. The molecule has 9 heavy (non-hydrogen) atoms. The Labute approximate surface area is 59.3 Å². The molecule has 0 amide bonds. The molecule has 0 aromatic carbocycles. The lowest BCUT2D eigenvalue weighted by Crippen LogP contribution is -2.24. The van der Waals surface area contributed by atoms with Gasteiger partial charge in [0.25, 0.3) is 0 Å². The van der Waals surface area contributed by atoms with Crippen LogP contribution in [0.25, 0.3) is 0 Å². The van der Waals surface area contributed by atoms with E-state index < -0.39 is 0 Å². The van der Waals surface area contributed by atoms with E-state index in [1.54, 1.807) is 5.31 Å². The average molecular weight is 129 g/mol. The van der Waals surface area contributed by atoms with Crippen molar-refractivity contribution < 1.29 is 1.41 Å². The molecule has 1 fully saturated rings. The molecule has 54 valence electrons. The van der Waals surface area contributed by atoms with Gasteiger partial charge < -0.3 is 5.31 Å². The zero-order valence-corrected chi connectivity index (χ0v) is 6.27. The average Bonchev–Trinajstić information content (AvgIpc) is 1.83. The second kappa shape index (κ2) is 3.89. The van der Waals surface area contributed by atoms with Crippen LogP contribution in [0.5, 0.6) is 0 Å². The second-order valence-corrected chi connectivity index (χ2v) is 3.08. The van der Waals surface area contributed by atoms with Crippen molar-refractivity contribution >= 4 is 0 Å². The Bertz CT molecular complexity index is 85.3. The van der Waals surface area contributed by atoms with Crippen LogP contribution in [0.2, 0.25) is 1.41 Å². The molecule has 1 atom stereocenters. The lowest BCUT2D eigenvalue weighted by Gasteiger charge is -2.15. The molecule has 1 unspecified atom stereocenters. The van der Waals surface area contributed by atoms with Crippen molar-refractivity contribution in [2.75, 3.05) is 13.1 Å². The van der Waals surface area contributed by atoms with Crippen LogP contribution < -0.4 is 5.31 Å². The van der Waals surface area contributed by atoms with Crippen molar-refractivity contribution in [1.29, 1.82) is 0 Å². The fourth-order valence-electron chi connectivity index (χ4n) is 1.30. The zero-order chi connectivity index (χ0) is 7.40. The Morgan fingerprint density at radius 1 is 1.44 bits per heavy atom. The van der Waals surface area contributed by atoms with Crippen molar-refractivity contribution in [1.82, 2.24) is 5.31 Å². The van der Waals surface area contributed by atoms with Gasteiger partial charge in [-0.1, -0.05) is 19.8 Å². The van der Waals surface area contributed by atoms with E-state index in [0.29, 0.717) is 0 Å². The number of nitrogens with one attached hydrogen (secondary N) is 1. The maximum absolute atomic E-state index is 7.47. The van der Waals surface area contributed by atoms with E-state index in [-0.39, 0.29) is 0 Å². The monoisotopic (exact) mass is 129 g/mol. The summed E-state index contributed by atoms with van der Waals surface area (Å²) in [7, 11) is 0. The normalized spacial score (nSPS) is 34.8. The summed E-state index contributed by atoms with van der Waals surface area (Å²) < 4.78 is 7.47. The van der Waals surface area contributed by atoms with Gasteiger partial charge in [-0.25, -0.2) is 0 Å². The molecule has 1 aliphatic heterocycles. The molecule has 0 radical (unpaired) electrons. The maximum Gasteiger partial charge on any atom is 0.122 e. The Morgan fingerprint density at radius 2 is 2.33 bits per heavy atom. The summed E-state index contributed by atoms with van der Waals surface area (Å²) in [5.41, 5.74) is 0. The molecule has 1 N–H and O–H groups in total. The van der Waals surface area contributed by atoms with Crippen LogP contribution >= 0.6 is 0 Å². The molecule has 0 aliphatic carbocycles. The minimum absolute atomic E-state index is 0.734. The van der Waals surface area contributed by atoms with Crippen molar-refractivity contribution in [3.05, 3.63) is 0 Å². The summed E-state index contributed by atoms with van der Waals surface area (Å²) in [5.74, 6) is 0.734. The summed E-state index contributed by atoms with van der Waals surface area (Å²) in [6.07, 6.45) is 5.22. The van der Waals surface area contributed by atoms with E-state index in [2.05, 4.69) is 6.92 Å². The van der Waals surface area contributed by atoms with E-state index >= 15 is 0 Å². The van der Waals surface area contributed by atoms with Crippen molar-refractivity contribution in [3.63, 3.8) is 0 Å². The first kappa shape index (κ1) is 5.72. The van der Waals surface area contributed by atoms with Crippen LogP contribution in [-0.4, -0.2) is 13.1 Å². The van der Waals surface area contributed by atoms with Gasteiger partial charge in [0, 0.05) is 0 Å². The van der Waals surface area contributed by atoms with E-state index in [0.717, 1.165) is 19.0 Å². The number of hydrogen-bond acceptors (Lipinski definition) is 1. The van der Waals surface area contributed by atoms with Crippen LogP contribution in [-0.2, 0) is 0 Å². The molecule has 0 saturated carbocycles. The van der Waals surface area contributed by atoms with Crippen molar-refractivity contribution in [3.8, 4) is 0 Å². The van der Waals surface area contributed by atoms with Gasteiger partial charge in [-0.3, -0.25) is 0 Å². The zero-order valence-electron chi connectivity index (χ0n) is 7.27. The molecule has 1 heteroatoms. The lowest BCUT2D eigenvalue weighted by molar-refractivity contribution is 0.420. The lowest BCUT2D eigenvalue weighted by atomic mass is 10.0. The van der Waals surface area contributed by atoms with Gasteiger partial charge in [0.05, 0.1) is 0 Å². The van der Waals surface area contributed by atoms with Crippen LogP contribution in [0.4, 0.5) is 0 Å². The van der Waals surface area contributed by atoms with Crippen LogP contribution in [0, 0.1) is 5.92 Å². The first-order valence-electron chi connectivity index (χ1n) is 4.47. The van der Waals surface area contributed by atoms with Crippen molar-refractivity contribution in [2.45, 2.75) is 32.6 Å². The van der Waals surface area contributed by atoms with E-state index in [4.69, 9.17) is 1.41 Å². The molecule has 0 bridgehead atoms. The fourth-order valence-corrected chi connectivity index (χ4v) is 1.30. The second-order valence-electron chi connectivity index (χ2n) is 3.08. The predicted molar refractivity (Wildman–Crippen MR) is 40.5 cm³/mol. The van der Waals surface area contributed by atoms with Gasteiger partial charge in [0.2, 0.25) is 0 Å². The molecule has 1 heterocycles. The summed E-state index contributed by atoms with van der Waals surface area (Å²) in [6, 6.07) is 0. The van der Waals surface area contributed by atoms with E-state index in [9.17, 15) is 0 Å². The van der Waals surface area contributed by atoms with Gasteiger partial charge in [0.1, 0.15) is 1.41 Å². The third kappa shape index (κ3) is 2.85. The molecular formula is C8H17N. The van der Waals surface area contributed by atoms with Gasteiger partial charge >= 0.3 is 0 Å².